The summed E-state index contributed by atoms with van der Waals surface area (Å²) in [6, 6.07) is 9.06. The van der Waals surface area contributed by atoms with Crippen LogP contribution in [0.1, 0.15) is 40.2 Å². The number of carbonyl (C=O) groups excluding carboxylic acids is 3. The van der Waals surface area contributed by atoms with Crippen molar-refractivity contribution in [2.45, 2.75) is 27.2 Å². The van der Waals surface area contributed by atoms with Crippen LogP contribution in [0.5, 0.6) is 0 Å². The van der Waals surface area contributed by atoms with E-state index in [1.165, 1.54) is 17.4 Å². The Kier molecular flexibility index (Phi) is 9.18. The molecule has 0 saturated carbocycles. The number of nitrogens with one attached hydrogen (secondary N) is 1. The normalized spacial score (nSPS) is 10.8. The van der Waals surface area contributed by atoms with E-state index in [9.17, 15) is 19.6 Å². The molecule has 0 unspecified atom stereocenters. The van der Waals surface area contributed by atoms with E-state index < -0.39 is 24.5 Å². The monoisotopic (exact) mass is 469 g/mol. The number of hydrogen-bond donors (Lipinski definition) is 1. The number of carbonyl (C=O) groups is 3. The zero-order valence-electron chi connectivity index (χ0n) is 19.4. The van der Waals surface area contributed by atoms with E-state index in [0.29, 0.717) is 22.5 Å². The van der Waals surface area contributed by atoms with Gasteiger partial charge in [-0.15, -0.1) is 11.3 Å². The highest BCUT2D eigenvalue weighted by Gasteiger charge is 2.23. The maximum Gasteiger partial charge on any atom is 0.349 e. The van der Waals surface area contributed by atoms with Crippen molar-refractivity contribution < 1.29 is 23.9 Å². The van der Waals surface area contributed by atoms with Gasteiger partial charge in [-0.25, -0.2) is 9.59 Å². The van der Waals surface area contributed by atoms with Gasteiger partial charge in [0.15, 0.2) is 6.61 Å². The molecule has 0 bridgehead atoms. The predicted molar refractivity (Wildman–Crippen MR) is 128 cm³/mol. The van der Waals surface area contributed by atoms with Crippen LogP contribution in [0.4, 0.5) is 10.7 Å². The summed E-state index contributed by atoms with van der Waals surface area (Å²) < 4.78 is 10.1. The minimum atomic E-state index is -0.911. The maximum absolute atomic E-state index is 12.4. The van der Waals surface area contributed by atoms with Gasteiger partial charge in [0.1, 0.15) is 16.6 Å². The largest absolute Gasteiger partial charge is 0.462 e. The number of nitriles is 1. The number of rotatable bonds is 9. The Morgan fingerprint density at radius 1 is 1.15 bits per heavy atom. The molecule has 0 radical (unpaired) electrons. The van der Waals surface area contributed by atoms with Crippen LogP contribution >= 0.6 is 11.3 Å². The van der Waals surface area contributed by atoms with Crippen LogP contribution in [0.25, 0.3) is 6.08 Å². The van der Waals surface area contributed by atoms with Gasteiger partial charge >= 0.3 is 11.9 Å². The molecule has 1 aromatic heterocycles. The van der Waals surface area contributed by atoms with Crippen molar-refractivity contribution in [1.29, 1.82) is 5.26 Å². The van der Waals surface area contributed by atoms with Crippen LogP contribution in [-0.4, -0.2) is 45.2 Å². The minimum absolute atomic E-state index is 0.210. The average Bonchev–Trinajstić information content (AvgIpc) is 3.10. The van der Waals surface area contributed by atoms with Crippen molar-refractivity contribution in [3.63, 3.8) is 0 Å². The summed E-state index contributed by atoms with van der Waals surface area (Å²) in [4.78, 5) is 39.9. The molecule has 1 heterocycles. The van der Waals surface area contributed by atoms with Crippen molar-refractivity contribution in [3.8, 4) is 6.07 Å². The van der Waals surface area contributed by atoms with Crippen molar-refractivity contribution >= 4 is 45.9 Å². The van der Waals surface area contributed by atoms with Gasteiger partial charge < -0.3 is 19.7 Å². The fourth-order valence-corrected chi connectivity index (χ4v) is 4.13. The van der Waals surface area contributed by atoms with Crippen LogP contribution in [0.15, 0.2) is 29.8 Å². The Morgan fingerprint density at radius 2 is 1.82 bits per heavy atom. The Labute approximate surface area is 197 Å². The fraction of sp³-hybridized carbons (Fsp3) is 0.333. The molecule has 8 nitrogen and oxygen atoms in total. The number of esters is 2. The number of amides is 1. The molecule has 1 amide bonds. The van der Waals surface area contributed by atoms with Crippen molar-refractivity contribution in [1.82, 2.24) is 0 Å². The molecular weight excluding hydrogens is 442 g/mol. The number of ether oxygens (including phenoxy) is 2. The number of nitrogens with zero attached hydrogens (tertiary/aromatic N) is 2. The average molecular weight is 470 g/mol. The van der Waals surface area contributed by atoms with Gasteiger partial charge in [-0.1, -0.05) is 19.1 Å². The van der Waals surface area contributed by atoms with E-state index in [1.54, 1.807) is 32.0 Å². The molecule has 0 spiro atoms. The van der Waals surface area contributed by atoms with E-state index in [4.69, 9.17) is 9.47 Å². The standard InChI is InChI=1S/C24H27N3O5S/c1-6-19-15(3)21(24(30)31-7-2)22(33-19)26-20(28)14-32-23(29)17(13-25)12-16-8-10-18(11-9-16)27(4)5/h8-12H,6-7,14H2,1-5H3,(H,26,28)/b17-12+. The van der Waals surface area contributed by atoms with E-state index in [2.05, 4.69) is 5.32 Å². The first-order valence-corrected chi connectivity index (χ1v) is 11.2. The third-order valence-electron chi connectivity index (χ3n) is 4.69. The lowest BCUT2D eigenvalue weighted by molar-refractivity contribution is -0.142. The molecule has 1 aromatic carbocycles. The van der Waals surface area contributed by atoms with Gasteiger partial charge in [0.05, 0.1) is 12.2 Å². The maximum atomic E-state index is 12.4. The highest BCUT2D eigenvalue weighted by Crippen LogP contribution is 2.34. The fourth-order valence-electron chi connectivity index (χ4n) is 2.98. The van der Waals surface area contributed by atoms with Crippen LogP contribution in [0.2, 0.25) is 0 Å². The topological polar surface area (TPSA) is 109 Å². The first-order valence-electron chi connectivity index (χ1n) is 10.4. The molecule has 0 aliphatic carbocycles. The van der Waals surface area contributed by atoms with Crippen LogP contribution < -0.4 is 10.2 Å². The summed E-state index contributed by atoms with van der Waals surface area (Å²) in [6.45, 7) is 5.06. The zero-order chi connectivity index (χ0) is 24.5. The second kappa shape index (κ2) is 11.8. The Bertz CT molecular complexity index is 1090. The van der Waals surface area contributed by atoms with E-state index in [1.807, 2.05) is 38.1 Å². The minimum Gasteiger partial charge on any atom is -0.462 e. The third kappa shape index (κ3) is 6.67. The van der Waals surface area contributed by atoms with E-state index >= 15 is 0 Å². The first kappa shape index (κ1) is 25.6. The number of thiophene rings is 1. The molecule has 2 aromatic rings. The van der Waals surface area contributed by atoms with Gasteiger partial charge in [-0.2, -0.15) is 5.26 Å². The molecule has 174 valence electrons. The van der Waals surface area contributed by atoms with Crippen molar-refractivity contribution in [3.05, 3.63) is 51.4 Å². The molecule has 0 fully saturated rings. The van der Waals surface area contributed by atoms with Crippen LogP contribution in [-0.2, 0) is 25.5 Å². The van der Waals surface area contributed by atoms with Gasteiger partial charge in [-0.05, 0) is 49.6 Å². The number of aryl methyl sites for hydroxylation is 1. The highest BCUT2D eigenvalue weighted by atomic mass is 32.1. The molecular formula is C24H27N3O5S. The molecule has 0 aliphatic rings. The highest BCUT2D eigenvalue weighted by molar-refractivity contribution is 7.17. The molecule has 0 aliphatic heterocycles. The number of anilines is 2. The summed E-state index contributed by atoms with van der Waals surface area (Å²) >= 11 is 1.28. The first-order chi connectivity index (χ1) is 15.7. The smallest absolute Gasteiger partial charge is 0.349 e. The van der Waals surface area contributed by atoms with Crippen LogP contribution in [0, 0.1) is 18.3 Å². The molecule has 0 atom stereocenters. The SMILES string of the molecule is CCOC(=O)c1c(NC(=O)COC(=O)/C(C#N)=C/c2ccc(N(C)C)cc2)sc(CC)c1C. The summed E-state index contributed by atoms with van der Waals surface area (Å²) in [5.74, 6) is -2.05. The summed E-state index contributed by atoms with van der Waals surface area (Å²) in [5, 5.41) is 12.3. The van der Waals surface area contributed by atoms with Gasteiger partial charge in [-0.3, -0.25) is 4.79 Å². The Hall–Kier alpha value is -3.64. The zero-order valence-corrected chi connectivity index (χ0v) is 20.2. The van der Waals surface area contributed by atoms with E-state index in [0.717, 1.165) is 16.1 Å². The number of benzene rings is 1. The summed E-state index contributed by atoms with van der Waals surface area (Å²) in [5.41, 5.74) is 2.45. The van der Waals surface area contributed by atoms with Crippen LogP contribution in [0.3, 0.4) is 0 Å². The lowest BCUT2D eigenvalue weighted by Gasteiger charge is -2.11. The van der Waals surface area contributed by atoms with Crippen molar-refractivity contribution in [2.24, 2.45) is 0 Å². The molecule has 2 rings (SSSR count). The second-order valence-electron chi connectivity index (χ2n) is 7.21. The second-order valence-corrected chi connectivity index (χ2v) is 8.31. The van der Waals surface area contributed by atoms with Gasteiger partial charge in [0.25, 0.3) is 5.91 Å². The Balaban J connectivity index is 2.07. The number of hydrogen-bond acceptors (Lipinski definition) is 8. The lowest BCUT2D eigenvalue weighted by atomic mass is 10.1. The van der Waals surface area contributed by atoms with Crippen molar-refractivity contribution in [2.75, 3.05) is 37.5 Å². The predicted octanol–water partition coefficient (Wildman–Crippen LogP) is 3.95. The lowest BCUT2D eigenvalue weighted by Crippen LogP contribution is -2.22. The van der Waals surface area contributed by atoms with E-state index in [-0.39, 0.29) is 12.2 Å². The molecule has 1 N–H and O–H groups in total. The summed E-state index contributed by atoms with van der Waals surface area (Å²) in [7, 11) is 3.81. The van der Waals surface area contributed by atoms with Gasteiger partial charge in [0, 0.05) is 24.7 Å². The third-order valence-corrected chi connectivity index (χ3v) is 6.05. The quantitative estimate of drug-likeness (QED) is 0.336. The molecule has 9 heteroatoms. The summed E-state index contributed by atoms with van der Waals surface area (Å²) in [6.07, 6.45) is 2.09. The van der Waals surface area contributed by atoms with Gasteiger partial charge in [0.2, 0.25) is 0 Å². The molecule has 33 heavy (non-hydrogen) atoms. The Morgan fingerprint density at radius 3 is 2.36 bits per heavy atom. The molecule has 0 saturated heterocycles.